The van der Waals surface area contributed by atoms with Crippen LogP contribution in [-0.2, 0) is 27.5 Å². The predicted molar refractivity (Wildman–Crippen MR) is 110 cm³/mol. The molecular weight excluding hydrogens is 460 g/mol. The quantitative estimate of drug-likeness (QED) is 0.295. The van der Waals surface area contributed by atoms with E-state index in [-0.39, 0.29) is 45.4 Å². The first kappa shape index (κ1) is 22.5. The first-order chi connectivity index (χ1) is 14.3. The molecule has 0 amide bonds. The molecule has 11 heteroatoms. The Morgan fingerprint density at radius 1 is 0.903 bits per heavy atom. The molecular formula is C20H16CrN4O5S. The first-order valence-corrected chi connectivity index (χ1v) is 10.2. The van der Waals surface area contributed by atoms with Crippen molar-refractivity contribution in [1.82, 2.24) is 9.78 Å². The molecule has 0 unspecified atom stereocenters. The van der Waals surface area contributed by atoms with Crippen molar-refractivity contribution in [1.29, 1.82) is 0 Å². The van der Waals surface area contributed by atoms with Gasteiger partial charge in [-0.1, -0.05) is 42.5 Å². The third-order valence-corrected chi connectivity index (χ3v) is 5.39. The molecule has 0 spiro atoms. The van der Waals surface area contributed by atoms with Gasteiger partial charge in [-0.2, -0.15) is 18.2 Å². The average Bonchev–Trinajstić information content (AvgIpc) is 3.00. The summed E-state index contributed by atoms with van der Waals surface area (Å²) in [7, 11) is -4.56. The minimum Gasteiger partial charge on any atom is -0.506 e. The molecule has 0 saturated carbocycles. The summed E-state index contributed by atoms with van der Waals surface area (Å²) in [6.45, 7) is 1.65. The van der Waals surface area contributed by atoms with Crippen LogP contribution in [0.4, 0.5) is 11.4 Å². The van der Waals surface area contributed by atoms with Crippen LogP contribution in [0, 0.1) is 6.92 Å². The van der Waals surface area contributed by atoms with Crippen molar-refractivity contribution in [2.75, 3.05) is 0 Å². The van der Waals surface area contributed by atoms with Crippen molar-refractivity contribution in [3.05, 3.63) is 66.4 Å². The Morgan fingerprint density at radius 3 is 2.13 bits per heavy atom. The van der Waals surface area contributed by atoms with Gasteiger partial charge in [-0.15, -0.1) is 10.2 Å². The molecule has 31 heavy (non-hydrogen) atoms. The molecule has 0 saturated heterocycles. The molecule has 0 radical (unpaired) electrons. The van der Waals surface area contributed by atoms with Crippen molar-refractivity contribution in [2.45, 2.75) is 11.8 Å². The Bertz CT molecular complexity index is 1400. The van der Waals surface area contributed by atoms with Gasteiger partial charge in [0.05, 0.1) is 11.4 Å². The van der Waals surface area contributed by atoms with E-state index in [2.05, 4.69) is 15.3 Å². The summed E-state index contributed by atoms with van der Waals surface area (Å²) in [6.07, 6.45) is 0. The summed E-state index contributed by atoms with van der Waals surface area (Å²) in [4.78, 5) is -0.439. The molecule has 0 aliphatic rings. The molecule has 0 aliphatic heterocycles. The number of aryl methyl sites for hydroxylation is 1. The number of aromatic nitrogens is 2. The van der Waals surface area contributed by atoms with E-state index in [0.717, 1.165) is 6.07 Å². The monoisotopic (exact) mass is 476 g/mol. The topological polar surface area (TPSA) is 137 Å². The number of aromatic hydroxyl groups is 2. The Kier molecular flexibility index (Phi) is 6.15. The van der Waals surface area contributed by atoms with E-state index in [4.69, 9.17) is 0 Å². The van der Waals surface area contributed by atoms with Crippen LogP contribution < -0.4 is 0 Å². The second-order valence-electron chi connectivity index (χ2n) is 6.47. The van der Waals surface area contributed by atoms with Crippen LogP contribution in [0.1, 0.15) is 5.69 Å². The third-order valence-electron chi connectivity index (χ3n) is 4.49. The largest absolute Gasteiger partial charge is 0.506 e. The molecule has 0 atom stereocenters. The van der Waals surface area contributed by atoms with E-state index >= 15 is 0 Å². The second-order valence-corrected chi connectivity index (χ2v) is 7.86. The molecule has 0 aliphatic carbocycles. The molecule has 1 aromatic heterocycles. The van der Waals surface area contributed by atoms with Gasteiger partial charge >= 0.3 is 0 Å². The van der Waals surface area contributed by atoms with Gasteiger partial charge in [0, 0.05) is 34.2 Å². The fourth-order valence-corrected chi connectivity index (χ4v) is 3.82. The Hall–Kier alpha value is -3.23. The molecule has 4 aromatic rings. The standard InChI is InChI=1S/C20H16N4O5S.Cr/c1-12-18(20(26)24(23-12)13-7-3-2-4-8-13)21-22-19-15-10-6-5-9-14(15)17(11-16(19)25)30(27,28)29;/h2-11,25-26H,1H3,(H,27,28,29);. The number of fused-ring (bicyclic) bond motifs is 1. The number of phenols is 1. The van der Waals surface area contributed by atoms with Crippen molar-refractivity contribution in [3.63, 3.8) is 0 Å². The Labute approximate surface area is 188 Å². The summed E-state index contributed by atoms with van der Waals surface area (Å²) in [6, 6.07) is 16.1. The van der Waals surface area contributed by atoms with E-state index in [9.17, 15) is 23.2 Å². The zero-order valence-electron chi connectivity index (χ0n) is 16.0. The summed E-state index contributed by atoms with van der Waals surface area (Å²) in [5.74, 6) is -0.724. The molecule has 9 nitrogen and oxygen atoms in total. The Morgan fingerprint density at radius 2 is 1.48 bits per heavy atom. The van der Waals surface area contributed by atoms with E-state index in [1.165, 1.54) is 16.8 Å². The van der Waals surface area contributed by atoms with Gasteiger partial charge in [0.2, 0.25) is 5.88 Å². The van der Waals surface area contributed by atoms with Gasteiger partial charge in [0.15, 0.2) is 5.69 Å². The van der Waals surface area contributed by atoms with Crippen LogP contribution in [-0.4, -0.2) is 33.0 Å². The third kappa shape index (κ3) is 4.17. The predicted octanol–water partition coefficient (Wildman–Crippen LogP) is 4.40. The van der Waals surface area contributed by atoms with Gasteiger partial charge in [-0.25, -0.2) is 0 Å². The van der Waals surface area contributed by atoms with Crippen LogP contribution in [0.15, 0.2) is 75.8 Å². The zero-order valence-corrected chi connectivity index (χ0v) is 18.1. The minimum atomic E-state index is -4.56. The number of nitrogens with zero attached hydrogens (tertiary/aromatic N) is 4. The van der Waals surface area contributed by atoms with Crippen molar-refractivity contribution in [2.24, 2.45) is 10.2 Å². The fourth-order valence-electron chi connectivity index (χ4n) is 3.10. The maximum Gasteiger partial charge on any atom is 0.295 e. The number of phenolic OH excluding ortho intramolecular Hbond substituents is 1. The van der Waals surface area contributed by atoms with Gasteiger partial charge < -0.3 is 10.2 Å². The molecule has 0 fully saturated rings. The van der Waals surface area contributed by atoms with Crippen LogP contribution in [0.3, 0.4) is 0 Å². The minimum absolute atomic E-state index is 0. The zero-order chi connectivity index (χ0) is 21.5. The number of hydrogen-bond acceptors (Lipinski definition) is 7. The summed E-state index contributed by atoms with van der Waals surface area (Å²) >= 11 is 0. The Balaban J connectivity index is 0.00000272. The fraction of sp³-hybridized carbons (Fsp3) is 0.0500. The molecule has 1 heterocycles. The molecule has 0 bridgehead atoms. The van der Waals surface area contributed by atoms with Crippen molar-refractivity contribution < 1.29 is 40.5 Å². The van der Waals surface area contributed by atoms with Crippen molar-refractivity contribution >= 4 is 32.3 Å². The number of rotatable bonds is 4. The van der Waals surface area contributed by atoms with Crippen molar-refractivity contribution in [3.8, 4) is 17.3 Å². The second kappa shape index (κ2) is 8.49. The van der Waals surface area contributed by atoms with Crippen LogP contribution in [0.5, 0.6) is 11.6 Å². The summed E-state index contributed by atoms with van der Waals surface area (Å²) in [5.41, 5.74) is 1.12. The SMILES string of the molecule is Cc1nn(-c2ccccc2)c(O)c1N=Nc1c(O)cc(S(=O)(=O)O)c2ccccc12.[Cr]. The number of azo groups is 1. The maximum absolute atomic E-state index is 11.7. The van der Waals surface area contributed by atoms with Gasteiger partial charge in [0.25, 0.3) is 10.1 Å². The molecule has 3 aromatic carbocycles. The van der Waals surface area contributed by atoms with Crippen LogP contribution >= 0.6 is 0 Å². The average molecular weight is 476 g/mol. The van der Waals surface area contributed by atoms with E-state index in [1.54, 1.807) is 43.3 Å². The summed E-state index contributed by atoms with van der Waals surface area (Å²) in [5, 5.41) is 33.7. The molecule has 158 valence electrons. The van der Waals surface area contributed by atoms with Gasteiger partial charge in [-0.05, 0) is 19.1 Å². The first-order valence-electron chi connectivity index (χ1n) is 8.75. The number of para-hydroxylation sites is 1. The van der Waals surface area contributed by atoms with Gasteiger partial charge in [0.1, 0.15) is 16.3 Å². The van der Waals surface area contributed by atoms with E-state index < -0.39 is 20.8 Å². The summed E-state index contributed by atoms with van der Waals surface area (Å²) < 4.78 is 34.1. The van der Waals surface area contributed by atoms with E-state index in [0.29, 0.717) is 11.4 Å². The normalized spacial score (nSPS) is 11.7. The number of benzene rings is 3. The molecule has 4 rings (SSSR count). The molecule has 3 N–H and O–H groups in total. The van der Waals surface area contributed by atoms with Gasteiger partial charge in [-0.3, -0.25) is 4.55 Å². The maximum atomic E-state index is 11.7. The van der Waals surface area contributed by atoms with Crippen LogP contribution in [0.2, 0.25) is 0 Å². The van der Waals surface area contributed by atoms with E-state index in [1.807, 2.05) is 6.07 Å². The number of hydrogen-bond donors (Lipinski definition) is 3. The smallest absolute Gasteiger partial charge is 0.295 e. The van der Waals surface area contributed by atoms with Crippen LogP contribution in [0.25, 0.3) is 16.5 Å².